The van der Waals surface area contributed by atoms with Crippen molar-refractivity contribution in [2.75, 3.05) is 6.61 Å². The summed E-state index contributed by atoms with van der Waals surface area (Å²) < 4.78 is 4.39. The minimum Gasteiger partial charge on any atom is -0.438 e. The number of carbonyl (C=O) groups excluding carboxylic acids is 2. The number of thiol groups is 1. The minimum absolute atomic E-state index is 0.151. The highest BCUT2D eigenvalue weighted by Crippen LogP contribution is 2.18. The number of aliphatic hydroxyl groups excluding tert-OH is 2. The Balaban J connectivity index is 4.43. The third kappa shape index (κ3) is 2.80. The van der Waals surface area contributed by atoms with Crippen LogP contribution in [0.5, 0.6) is 0 Å². The van der Waals surface area contributed by atoms with Gasteiger partial charge in [-0.2, -0.15) is 0 Å². The highest BCUT2D eigenvalue weighted by molar-refractivity contribution is 7.82. The second-order valence-corrected chi connectivity index (χ2v) is 2.86. The molecule has 0 aliphatic carbocycles. The molecule has 0 saturated heterocycles. The molecule has 0 aromatic carbocycles. The van der Waals surface area contributed by atoms with Crippen molar-refractivity contribution in [3.8, 4) is 0 Å². The highest BCUT2D eigenvalue weighted by Gasteiger charge is 2.37. The molecule has 12 heavy (non-hydrogen) atoms. The van der Waals surface area contributed by atoms with Gasteiger partial charge in [-0.05, 0) is 0 Å². The van der Waals surface area contributed by atoms with Gasteiger partial charge in [0, 0.05) is 6.92 Å². The third-order valence-electron chi connectivity index (χ3n) is 1.13. The van der Waals surface area contributed by atoms with Gasteiger partial charge in [0.2, 0.25) is 4.93 Å². The number of hydrogen-bond acceptors (Lipinski definition) is 6. The van der Waals surface area contributed by atoms with E-state index in [4.69, 9.17) is 10.2 Å². The Labute approximate surface area is 74.7 Å². The molecule has 0 saturated carbocycles. The van der Waals surface area contributed by atoms with E-state index in [-0.39, 0.29) is 6.29 Å². The maximum absolute atomic E-state index is 10.4. The lowest BCUT2D eigenvalue weighted by Gasteiger charge is -2.25. The number of hydrogen-bond donors (Lipinski definition) is 3. The molecule has 0 rings (SSSR count). The summed E-state index contributed by atoms with van der Waals surface area (Å²) in [5.74, 6) is -0.760. The maximum atomic E-state index is 10.4. The number of aliphatic hydroxyl groups is 2. The van der Waals surface area contributed by atoms with Crippen LogP contribution in [0, 0.1) is 0 Å². The predicted molar refractivity (Wildman–Crippen MR) is 42.6 cm³/mol. The first kappa shape index (κ1) is 11.4. The van der Waals surface area contributed by atoms with Gasteiger partial charge in [-0.25, -0.2) is 0 Å². The molecule has 70 valence electrons. The van der Waals surface area contributed by atoms with E-state index in [0.29, 0.717) is 0 Å². The zero-order valence-electron chi connectivity index (χ0n) is 6.43. The SMILES string of the molecule is CC(=O)OC(S)(C=O)C(O)CO. The first-order chi connectivity index (χ1) is 5.46. The van der Waals surface area contributed by atoms with Crippen molar-refractivity contribution in [3.63, 3.8) is 0 Å². The van der Waals surface area contributed by atoms with Crippen LogP contribution in [0.4, 0.5) is 0 Å². The quantitative estimate of drug-likeness (QED) is 0.225. The van der Waals surface area contributed by atoms with Gasteiger partial charge in [0.25, 0.3) is 0 Å². The third-order valence-corrected chi connectivity index (χ3v) is 1.62. The Bertz CT molecular complexity index is 183. The van der Waals surface area contributed by atoms with E-state index < -0.39 is 23.6 Å². The molecule has 0 amide bonds. The van der Waals surface area contributed by atoms with Gasteiger partial charge >= 0.3 is 5.97 Å². The number of carbonyl (C=O) groups is 2. The van der Waals surface area contributed by atoms with Gasteiger partial charge in [0.1, 0.15) is 6.10 Å². The predicted octanol–water partition coefficient (Wildman–Crippen LogP) is -1.27. The summed E-state index contributed by atoms with van der Waals surface area (Å²) in [5.41, 5.74) is 0. The van der Waals surface area contributed by atoms with Gasteiger partial charge in [-0.15, -0.1) is 12.6 Å². The van der Waals surface area contributed by atoms with Gasteiger partial charge in [0.15, 0.2) is 6.29 Å². The van der Waals surface area contributed by atoms with Crippen molar-refractivity contribution in [1.29, 1.82) is 0 Å². The summed E-state index contributed by atoms with van der Waals surface area (Å²) in [5, 5.41) is 17.5. The Kier molecular flexibility index (Phi) is 4.22. The van der Waals surface area contributed by atoms with E-state index >= 15 is 0 Å². The van der Waals surface area contributed by atoms with E-state index in [1.54, 1.807) is 0 Å². The molecule has 0 bridgehead atoms. The van der Waals surface area contributed by atoms with Crippen molar-refractivity contribution in [1.82, 2.24) is 0 Å². The molecule has 0 radical (unpaired) electrons. The molecule has 6 heteroatoms. The molecule has 0 fully saturated rings. The van der Waals surface area contributed by atoms with Crippen LogP contribution in [-0.4, -0.2) is 40.1 Å². The fraction of sp³-hybridized carbons (Fsp3) is 0.667. The van der Waals surface area contributed by atoms with E-state index in [0.717, 1.165) is 6.92 Å². The standard InChI is InChI=1S/C6H10O5S/c1-4(9)11-6(12,3-8)5(10)2-7/h3,5,7,10,12H,2H2,1H3. The van der Waals surface area contributed by atoms with Crippen molar-refractivity contribution in [2.45, 2.75) is 18.0 Å². The van der Waals surface area contributed by atoms with E-state index in [9.17, 15) is 9.59 Å². The maximum Gasteiger partial charge on any atom is 0.304 e. The Morgan fingerprint density at radius 2 is 2.33 bits per heavy atom. The minimum atomic E-state index is -1.96. The highest BCUT2D eigenvalue weighted by atomic mass is 32.1. The summed E-state index contributed by atoms with van der Waals surface area (Å²) in [6.07, 6.45) is -1.37. The normalized spacial score (nSPS) is 17.7. The molecule has 0 heterocycles. The fourth-order valence-electron chi connectivity index (χ4n) is 0.532. The lowest BCUT2D eigenvalue weighted by Crippen LogP contribution is -2.44. The summed E-state index contributed by atoms with van der Waals surface area (Å²) in [4.78, 5) is 18.8. The molecule has 2 unspecified atom stereocenters. The van der Waals surface area contributed by atoms with Gasteiger partial charge < -0.3 is 14.9 Å². The summed E-state index contributed by atoms with van der Waals surface area (Å²) in [6.45, 7) is 0.355. The smallest absolute Gasteiger partial charge is 0.304 e. The van der Waals surface area contributed by atoms with Crippen LogP contribution < -0.4 is 0 Å². The topological polar surface area (TPSA) is 83.8 Å². The largest absolute Gasteiger partial charge is 0.438 e. The molecule has 0 aliphatic heterocycles. The average molecular weight is 194 g/mol. The average Bonchev–Trinajstić information content (AvgIpc) is 2.01. The number of aldehydes is 1. The molecular formula is C6H10O5S. The summed E-state index contributed by atoms with van der Waals surface area (Å²) in [6, 6.07) is 0. The number of rotatable bonds is 4. The Hall–Kier alpha value is -0.590. The van der Waals surface area contributed by atoms with Crippen LogP contribution in [0.3, 0.4) is 0 Å². The van der Waals surface area contributed by atoms with Gasteiger partial charge in [0.05, 0.1) is 6.61 Å². The molecule has 0 aromatic rings. The monoisotopic (exact) mass is 194 g/mol. The zero-order chi connectivity index (χ0) is 9.78. The van der Waals surface area contributed by atoms with Crippen molar-refractivity contribution in [2.24, 2.45) is 0 Å². The first-order valence-corrected chi connectivity index (χ1v) is 3.58. The van der Waals surface area contributed by atoms with Crippen LogP contribution in [0.1, 0.15) is 6.92 Å². The van der Waals surface area contributed by atoms with Gasteiger partial charge in [-0.3, -0.25) is 9.59 Å². The van der Waals surface area contributed by atoms with Crippen molar-refractivity contribution in [3.05, 3.63) is 0 Å². The molecule has 2 N–H and O–H groups in total. The Morgan fingerprint density at radius 3 is 2.58 bits per heavy atom. The van der Waals surface area contributed by atoms with E-state index in [1.165, 1.54) is 0 Å². The summed E-state index contributed by atoms with van der Waals surface area (Å²) in [7, 11) is 0. The second kappa shape index (κ2) is 4.44. The van der Waals surface area contributed by atoms with Crippen LogP contribution in [-0.2, 0) is 14.3 Å². The molecule has 2 atom stereocenters. The van der Waals surface area contributed by atoms with Crippen LogP contribution in [0.25, 0.3) is 0 Å². The zero-order valence-corrected chi connectivity index (χ0v) is 7.32. The van der Waals surface area contributed by atoms with E-state index in [1.807, 2.05) is 0 Å². The number of esters is 1. The van der Waals surface area contributed by atoms with Gasteiger partial charge in [-0.1, -0.05) is 0 Å². The first-order valence-electron chi connectivity index (χ1n) is 3.13. The van der Waals surface area contributed by atoms with Crippen molar-refractivity contribution >= 4 is 24.9 Å². The van der Waals surface area contributed by atoms with Crippen LogP contribution in [0.2, 0.25) is 0 Å². The second-order valence-electron chi connectivity index (χ2n) is 2.16. The fourth-order valence-corrected chi connectivity index (χ4v) is 0.742. The summed E-state index contributed by atoms with van der Waals surface area (Å²) >= 11 is 3.61. The number of ether oxygens (including phenoxy) is 1. The Morgan fingerprint density at radius 1 is 1.83 bits per heavy atom. The van der Waals surface area contributed by atoms with Crippen LogP contribution >= 0.6 is 12.6 Å². The van der Waals surface area contributed by atoms with Crippen LogP contribution in [0.15, 0.2) is 0 Å². The lowest BCUT2D eigenvalue weighted by atomic mass is 10.2. The molecular weight excluding hydrogens is 184 g/mol. The molecule has 0 aliphatic rings. The lowest BCUT2D eigenvalue weighted by molar-refractivity contribution is -0.161. The van der Waals surface area contributed by atoms with E-state index in [2.05, 4.69) is 17.4 Å². The van der Waals surface area contributed by atoms with Crippen molar-refractivity contribution < 1.29 is 24.5 Å². The molecule has 0 aromatic heterocycles. The molecule has 0 spiro atoms. The molecule has 5 nitrogen and oxygen atoms in total.